The van der Waals surface area contributed by atoms with Crippen molar-refractivity contribution >= 4 is 47.6 Å². The molecule has 2 rings (SSSR count). The van der Waals surface area contributed by atoms with Gasteiger partial charge in [-0.05, 0) is 49.3 Å². The second-order valence-electron chi connectivity index (χ2n) is 10.9. The Morgan fingerprint density at radius 3 is 2.33 bits per heavy atom. The number of hydrogen-bond donors (Lipinski definition) is 4. The van der Waals surface area contributed by atoms with E-state index in [4.69, 9.17) is 7.10 Å². The van der Waals surface area contributed by atoms with Gasteiger partial charge in [0.2, 0.25) is 23.6 Å². The molecule has 0 saturated carbocycles. The predicted molar refractivity (Wildman–Crippen MR) is 157 cm³/mol. The SMILES string of the molecule is [2H]C(=O)OCc1ccc(NC(=O)[C@H](CCCNC(N)=O)CC(=O)[C@@H](NC(=O)CCCCCN2C(=O)CCC2=O)C(C)C)cc1. The van der Waals surface area contributed by atoms with Crippen LogP contribution < -0.4 is 21.7 Å². The minimum atomic E-state index is -1.15. The average Bonchev–Trinajstić information content (AvgIpc) is 3.28. The number of carbonyl (C=O) groups is 7. The van der Waals surface area contributed by atoms with E-state index in [-0.39, 0.29) is 74.7 Å². The third-order valence-electron chi connectivity index (χ3n) is 7.14. The van der Waals surface area contributed by atoms with E-state index in [2.05, 4.69) is 20.7 Å². The van der Waals surface area contributed by atoms with Crippen molar-refractivity contribution in [3.8, 4) is 0 Å². The third kappa shape index (κ3) is 12.6. The van der Waals surface area contributed by atoms with Crippen LogP contribution in [0.3, 0.4) is 0 Å². The number of amides is 6. The Hall–Kier alpha value is -4.29. The minimum absolute atomic E-state index is 0.0799. The first-order valence-corrected chi connectivity index (χ1v) is 14.6. The number of nitrogens with zero attached hydrogens (tertiary/aromatic N) is 1. The molecule has 43 heavy (non-hydrogen) atoms. The summed E-state index contributed by atoms with van der Waals surface area (Å²) in [5, 5.41) is 8.05. The minimum Gasteiger partial charge on any atom is -0.463 e. The Morgan fingerprint density at radius 1 is 1.05 bits per heavy atom. The van der Waals surface area contributed by atoms with Crippen LogP contribution in [0.1, 0.15) is 78.6 Å². The van der Waals surface area contributed by atoms with Gasteiger partial charge >= 0.3 is 6.03 Å². The van der Waals surface area contributed by atoms with E-state index in [1.165, 1.54) is 4.90 Å². The number of ketones is 1. The summed E-state index contributed by atoms with van der Waals surface area (Å²) in [6.45, 7) is 4.09. The number of benzene rings is 1. The van der Waals surface area contributed by atoms with E-state index in [0.29, 0.717) is 43.5 Å². The van der Waals surface area contributed by atoms with Gasteiger partial charge in [-0.3, -0.25) is 33.7 Å². The monoisotopic (exact) mass is 602 g/mol. The van der Waals surface area contributed by atoms with Gasteiger partial charge in [-0.15, -0.1) is 0 Å². The molecule has 1 aliphatic heterocycles. The molecule has 0 spiro atoms. The van der Waals surface area contributed by atoms with Crippen LogP contribution in [-0.4, -0.2) is 65.9 Å². The van der Waals surface area contributed by atoms with Gasteiger partial charge in [-0.2, -0.15) is 0 Å². The summed E-state index contributed by atoms with van der Waals surface area (Å²) in [5.41, 5.74) is 6.20. The molecule has 0 aromatic heterocycles. The van der Waals surface area contributed by atoms with Crippen molar-refractivity contribution in [2.45, 2.75) is 84.3 Å². The first-order valence-electron chi connectivity index (χ1n) is 15.1. The van der Waals surface area contributed by atoms with E-state index >= 15 is 0 Å². The molecule has 1 aromatic rings. The molecular formula is C30H43N5O8. The van der Waals surface area contributed by atoms with Crippen molar-refractivity contribution in [3.63, 3.8) is 0 Å². The largest absolute Gasteiger partial charge is 0.463 e. The molecular weight excluding hydrogens is 558 g/mol. The predicted octanol–water partition coefficient (Wildman–Crippen LogP) is 2.17. The Balaban J connectivity index is 1.94. The molecule has 1 aliphatic rings. The van der Waals surface area contributed by atoms with Gasteiger partial charge in [-0.25, -0.2) is 4.79 Å². The van der Waals surface area contributed by atoms with Gasteiger partial charge in [-0.1, -0.05) is 32.4 Å². The van der Waals surface area contributed by atoms with Gasteiger partial charge in [0.1, 0.15) is 6.61 Å². The summed E-state index contributed by atoms with van der Waals surface area (Å²) < 4.78 is 11.5. The van der Waals surface area contributed by atoms with Gasteiger partial charge in [0, 0.05) is 50.4 Å². The van der Waals surface area contributed by atoms with E-state index in [0.717, 1.165) is 0 Å². The lowest BCUT2D eigenvalue weighted by molar-refractivity contribution is -0.138. The quantitative estimate of drug-likeness (QED) is 0.105. The second-order valence-corrected chi connectivity index (χ2v) is 10.9. The smallest absolute Gasteiger partial charge is 0.312 e. The number of imide groups is 1. The zero-order valence-electron chi connectivity index (χ0n) is 25.8. The number of nitrogens with two attached hydrogens (primary N) is 1. The maximum absolute atomic E-state index is 13.4. The van der Waals surface area contributed by atoms with Crippen molar-refractivity contribution in [2.24, 2.45) is 17.6 Å². The lowest BCUT2D eigenvalue weighted by Crippen LogP contribution is -2.45. The summed E-state index contributed by atoms with van der Waals surface area (Å²) in [6.07, 6.45) is 1.82. The number of urea groups is 1. The van der Waals surface area contributed by atoms with E-state index in [9.17, 15) is 33.6 Å². The highest BCUT2D eigenvalue weighted by atomic mass is 16.5. The number of ether oxygens (including phenoxy) is 1. The Kier molecular flexibility index (Phi) is 14.1. The first kappa shape index (κ1) is 33.2. The first-order chi connectivity index (χ1) is 20.9. The van der Waals surface area contributed by atoms with Crippen LogP contribution in [0.2, 0.25) is 0 Å². The molecule has 13 heteroatoms. The average molecular weight is 603 g/mol. The number of carbonyl (C=O) groups excluding carboxylic acids is 7. The number of rotatable bonds is 19. The molecule has 5 N–H and O–H groups in total. The molecule has 6 amide bonds. The van der Waals surface area contributed by atoms with Crippen LogP contribution in [0, 0.1) is 11.8 Å². The van der Waals surface area contributed by atoms with Gasteiger partial charge in [0.25, 0.3) is 6.45 Å². The van der Waals surface area contributed by atoms with Gasteiger partial charge in [0.05, 0.1) is 6.04 Å². The normalized spacial score (nSPS) is 14.6. The summed E-state index contributed by atoms with van der Waals surface area (Å²) >= 11 is 0. The lowest BCUT2D eigenvalue weighted by Gasteiger charge is -2.24. The Morgan fingerprint density at radius 2 is 1.72 bits per heavy atom. The molecule has 1 saturated heterocycles. The molecule has 0 bridgehead atoms. The number of anilines is 1. The maximum Gasteiger partial charge on any atom is 0.312 e. The van der Waals surface area contributed by atoms with Crippen LogP contribution in [0.4, 0.5) is 10.5 Å². The molecule has 0 radical (unpaired) electrons. The number of nitrogens with one attached hydrogen (secondary N) is 3. The number of unbranched alkanes of at least 4 members (excludes halogenated alkanes) is 2. The summed E-state index contributed by atoms with van der Waals surface area (Å²) in [5.74, 6) is -2.32. The summed E-state index contributed by atoms with van der Waals surface area (Å²) in [7, 11) is 0. The zero-order chi connectivity index (χ0) is 32.6. The van der Waals surface area contributed by atoms with Crippen molar-refractivity contribution in [1.82, 2.24) is 15.5 Å². The molecule has 0 aliphatic carbocycles. The maximum atomic E-state index is 13.4. The highest BCUT2D eigenvalue weighted by Crippen LogP contribution is 2.20. The fourth-order valence-corrected chi connectivity index (χ4v) is 4.77. The topological polar surface area (TPSA) is 194 Å². The summed E-state index contributed by atoms with van der Waals surface area (Å²) in [6, 6.07) is 4.98. The highest BCUT2D eigenvalue weighted by molar-refractivity contribution is 6.02. The molecule has 1 aromatic carbocycles. The molecule has 1 heterocycles. The van der Waals surface area contributed by atoms with Crippen molar-refractivity contribution < 1.29 is 39.7 Å². The summed E-state index contributed by atoms with van der Waals surface area (Å²) in [4.78, 5) is 85.7. The second kappa shape index (κ2) is 18.3. The molecule has 0 unspecified atom stereocenters. The third-order valence-corrected chi connectivity index (χ3v) is 7.14. The van der Waals surface area contributed by atoms with Crippen LogP contribution in [0.25, 0.3) is 0 Å². The van der Waals surface area contributed by atoms with Crippen LogP contribution in [0.5, 0.6) is 0 Å². The van der Waals surface area contributed by atoms with E-state index < -0.39 is 30.3 Å². The number of hydrogen-bond acceptors (Lipinski definition) is 8. The Bertz CT molecular complexity index is 1170. The fourth-order valence-electron chi connectivity index (χ4n) is 4.77. The Labute approximate surface area is 253 Å². The number of Topliss-reactive ketones (excluding diaryl/α,β-unsaturated/α-hetero) is 1. The van der Waals surface area contributed by atoms with E-state index in [1.54, 1.807) is 38.1 Å². The highest BCUT2D eigenvalue weighted by Gasteiger charge is 2.30. The van der Waals surface area contributed by atoms with E-state index in [1.807, 2.05) is 0 Å². The number of likely N-dealkylation sites (tertiary alicyclic amines) is 1. The molecule has 1 fully saturated rings. The van der Waals surface area contributed by atoms with Crippen LogP contribution in [-0.2, 0) is 40.1 Å². The molecule has 2 atom stereocenters. The van der Waals surface area contributed by atoms with Gasteiger partial charge in [0.15, 0.2) is 7.15 Å². The van der Waals surface area contributed by atoms with Crippen LogP contribution in [0.15, 0.2) is 24.3 Å². The number of primary amides is 1. The standard InChI is InChI=1S/C30H43N5O8/c1-20(2)28(34-25(38)8-4-3-5-16-35-26(39)13-14-27(35)40)24(37)17-22(7-6-15-32-30(31)42)29(41)33-23-11-9-21(10-12-23)18-43-19-36/h9-12,19-20,22,28H,3-8,13-18H2,1-2H3,(H,33,41)(H,34,38)(H3,31,32,42)/t22-,28+/m1/s1/i19D. The van der Waals surface area contributed by atoms with Gasteiger partial charge < -0.3 is 26.4 Å². The van der Waals surface area contributed by atoms with Crippen LogP contribution >= 0.6 is 0 Å². The van der Waals surface area contributed by atoms with Crippen molar-refractivity contribution in [3.05, 3.63) is 29.8 Å². The zero-order valence-corrected chi connectivity index (χ0v) is 24.8. The van der Waals surface area contributed by atoms with Crippen molar-refractivity contribution in [2.75, 3.05) is 18.4 Å². The molecule has 13 nitrogen and oxygen atoms in total. The van der Waals surface area contributed by atoms with Crippen molar-refractivity contribution in [1.29, 1.82) is 0 Å². The molecule has 236 valence electrons. The fraction of sp³-hybridized carbons (Fsp3) is 0.567. The lowest BCUT2D eigenvalue weighted by atomic mass is 9.89.